The summed E-state index contributed by atoms with van der Waals surface area (Å²) in [5.74, 6) is 1.18. The van der Waals surface area contributed by atoms with Crippen molar-refractivity contribution < 1.29 is 14.1 Å². The summed E-state index contributed by atoms with van der Waals surface area (Å²) in [6, 6.07) is 13.3. The van der Waals surface area contributed by atoms with Crippen LogP contribution in [0.1, 0.15) is 23.0 Å². The highest BCUT2D eigenvalue weighted by Crippen LogP contribution is 2.30. The second-order valence-corrected chi connectivity index (χ2v) is 4.49. The van der Waals surface area contributed by atoms with Gasteiger partial charge in [-0.25, -0.2) is 0 Å². The highest BCUT2D eigenvalue weighted by molar-refractivity contribution is 6.03. The highest BCUT2D eigenvalue weighted by Gasteiger charge is 2.13. The molecule has 3 rings (SSSR count). The van der Waals surface area contributed by atoms with E-state index in [1.54, 1.807) is 18.3 Å². The van der Waals surface area contributed by atoms with Crippen molar-refractivity contribution >= 4 is 16.6 Å². The third kappa shape index (κ3) is 2.28. The van der Waals surface area contributed by atoms with Gasteiger partial charge in [-0.3, -0.25) is 4.79 Å². The monoisotopic (exact) mass is 267 g/mol. The van der Waals surface area contributed by atoms with Crippen LogP contribution in [0.5, 0.6) is 5.75 Å². The van der Waals surface area contributed by atoms with Crippen LogP contribution in [0.4, 0.5) is 0 Å². The fourth-order valence-corrected chi connectivity index (χ4v) is 2.14. The molecule has 0 aliphatic carbocycles. The van der Waals surface area contributed by atoms with E-state index in [2.05, 4.69) is 5.16 Å². The molecule has 0 bridgehead atoms. The predicted molar refractivity (Wildman–Crippen MR) is 74.8 cm³/mol. The van der Waals surface area contributed by atoms with Gasteiger partial charge in [-0.05, 0) is 18.4 Å². The first-order valence-corrected chi connectivity index (χ1v) is 6.31. The second-order valence-electron chi connectivity index (χ2n) is 4.49. The zero-order valence-corrected chi connectivity index (χ0v) is 11.0. The minimum Gasteiger partial charge on any atom is -0.484 e. The van der Waals surface area contributed by atoms with E-state index in [0.717, 1.165) is 10.8 Å². The first-order valence-electron chi connectivity index (χ1n) is 6.31. The SMILES string of the molecule is CC(=O)c1ccc2ccccc2c1OCc1ccno1. The summed E-state index contributed by atoms with van der Waals surface area (Å²) in [5.41, 5.74) is 0.572. The van der Waals surface area contributed by atoms with Crippen molar-refractivity contribution in [1.29, 1.82) is 0 Å². The number of carbonyl (C=O) groups excluding carboxylic acids is 1. The molecule has 4 nitrogen and oxygen atoms in total. The summed E-state index contributed by atoms with van der Waals surface area (Å²) in [5, 5.41) is 5.58. The number of carbonyl (C=O) groups is 1. The van der Waals surface area contributed by atoms with E-state index in [0.29, 0.717) is 17.1 Å². The predicted octanol–water partition coefficient (Wildman–Crippen LogP) is 3.61. The van der Waals surface area contributed by atoms with Gasteiger partial charge in [-0.15, -0.1) is 0 Å². The molecule has 2 aromatic carbocycles. The van der Waals surface area contributed by atoms with Crippen molar-refractivity contribution in [2.45, 2.75) is 13.5 Å². The molecule has 0 aliphatic rings. The van der Waals surface area contributed by atoms with E-state index >= 15 is 0 Å². The lowest BCUT2D eigenvalue weighted by molar-refractivity contribution is 0.101. The van der Waals surface area contributed by atoms with Crippen LogP contribution in [-0.4, -0.2) is 10.9 Å². The number of ketones is 1. The van der Waals surface area contributed by atoms with Gasteiger partial charge in [0.15, 0.2) is 11.5 Å². The Bertz CT molecular complexity index is 748. The molecule has 1 heterocycles. The number of hydrogen-bond acceptors (Lipinski definition) is 4. The van der Waals surface area contributed by atoms with E-state index in [1.807, 2.05) is 30.3 Å². The van der Waals surface area contributed by atoms with Gasteiger partial charge >= 0.3 is 0 Å². The lowest BCUT2D eigenvalue weighted by Crippen LogP contribution is -2.02. The molecule has 0 atom stereocenters. The molecule has 0 spiro atoms. The van der Waals surface area contributed by atoms with Crippen LogP contribution in [-0.2, 0) is 6.61 Å². The Morgan fingerprint density at radius 1 is 1.20 bits per heavy atom. The number of nitrogens with zero attached hydrogens (tertiary/aromatic N) is 1. The lowest BCUT2D eigenvalue weighted by Gasteiger charge is -2.11. The van der Waals surface area contributed by atoms with E-state index in [4.69, 9.17) is 9.26 Å². The van der Waals surface area contributed by atoms with Gasteiger partial charge in [0, 0.05) is 11.5 Å². The number of ether oxygens (including phenoxy) is 1. The molecule has 0 saturated carbocycles. The maximum Gasteiger partial charge on any atom is 0.174 e. The molecule has 0 fully saturated rings. The molecule has 3 aromatic rings. The molecule has 0 N–H and O–H groups in total. The third-order valence-electron chi connectivity index (χ3n) is 3.11. The number of hydrogen-bond donors (Lipinski definition) is 0. The van der Waals surface area contributed by atoms with Crippen LogP contribution >= 0.6 is 0 Å². The average Bonchev–Trinajstić information content (AvgIpc) is 2.97. The molecule has 100 valence electrons. The number of aromatic nitrogens is 1. The number of fused-ring (bicyclic) bond motifs is 1. The van der Waals surface area contributed by atoms with Gasteiger partial charge in [0.05, 0.1) is 11.8 Å². The quantitative estimate of drug-likeness (QED) is 0.677. The molecular formula is C16H13NO3. The third-order valence-corrected chi connectivity index (χ3v) is 3.11. The molecule has 1 aromatic heterocycles. The van der Waals surface area contributed by atoms with E-state index < -0.39 is 0 Å². The van der Waals surface area contributed by atoms with Crippen molar-refractivity contribution in [3.05, 3.63) is 60.0 Å². The summed E-state index contributed by atoms with van der Waals surface area (Å²) in [7, 11) is 0. The van der Waals surface area contributed by atoms with Crippen LogP contribution in [0.2, 0.25) is 0 Å². The standard InChI is InChI=1S/C16H13NO3/c1-11(18)14-7-6-12-4-2-3-5-15(12)16(14)19-10-13-8-9-17-20-13/h2-9H,10H2,1H3. The lowest BCUT2D eigenvalue weighted by atomic mass is 10.0. The zero-order valence-electron chi connectivity index (χ0n) is 11.0. The van der Waals surface area contributed by atoms with Crippen LogP contribution in [0, 0.1) is 0 Å². The molecular weight excluding hydrogens is 254 g/mol. The zero-order chi connectivity index (χ0) is 13.9. The maximum atomic E-state index is 11.8. The van der Waals surface area contributed by atoms with Crippen LogP contribution in [0.3, 0.4) is 0 Å². The van der Waals surface area contributed by atoms with Gasteiger partial charge in [-0.2, -0.15) is 0 Å². The van der Waals surface area contributed by atoms with Gasteiger partial charge < -0.3 is 9.26 Å². The fourth-order valence-electron chi connectivity index (χ4n) is 2.14. The number of rotatable bonds is 4. The first-order chi connectivity index (χ1) is 9.75. The van der Waals surface area contributed by atoms with Crippen molar-refractivity contribution in [1.82, 2.24) is 5.16 Å². The van der Waals surface area contributed by atoms with Crippen molar-refractivity contribution in [3.63, 3.8) is 0 Å². The molecule has 4 heteroatoms. The largest absolute Gasteiger partial charge is 0.484 e. The Morgan fingerprint density at radius 2 is 2.05 bits per heavy atom. The minimum atomic E-state index is -0.0247. The molecule has 0 aliphatic heterocycles. The van der Waals surface area contributed by atoms with Crippen LogP contribution in [0.15, 0.2) is 53.2 Å². The Labute approximate surface area is 116 Å². The number of Topliss-reactive ketones (excluding diaryl/α,β-unsaturated/α-hetero) is 1. The van der Waals surface area contributed by atoms with Gasteiger partial charge in [0.1, 0.15) is 12.4 Å². The molecule has 0 radical (unpaired) electrons. The summed E-state index contributed by atoms with van der Waals surface area (Å²) in [6.07, 6.45) is 1.56. The Hall–Kier alpha value is -2.62. The summed E-state index contributed by atoms with van der Waals surface area (Å²) < 4.78 is 10.8. The summed E-state index contributed by atoms with van der Waals surface area (Å²) >= 11 is 0. The normalized spacial score (nSPS) is 10.7. The highest BCUT2D eigenvalue weighted by atomic mass is 16.5. The Balaban J connectivity index is 2.05. The molecule has 0 amide bonds. The number of benzene rings is 2. The van der Waals surface area contributed by atoms with E-state index in [9.17, 15) is 4.79 Å². The molecule has 0 unspecified atom stereocenters. The van der Waals surface area contributed by atoms with Crippen LogP contribution < -0.4 is 4.74 Å². The first kappa shape index (κ1) is 12.4. The molecule has 20 heavy (non-hydrogen) atoms. The Kier molecular flexibility index (Phi) is 3.21. The second kappa shape index (κ2) is 5.17. The van der Waals surface area contributed by atoms with Gasteiger partial charge in [0.25, 0.3) is 0 Å². The smallest absolute Gasteiger partial charge is 0.174 e. The average molecular weight is 267 g/mol. The van der Waals surface area contributed by atoms with E-state index in [-0.39, 0.29) is 12.4 Å². The minimum absolute atomic E-state index is 0.0247. The van der Waals surface area contributed by atoms with Crippen LogP contribution in [0.25, 0.3) is 10.8 Å². The van der Waals surface area contributed by atoms with Crippen molar-refractivity contribution in [2.24, 2.45) is 0 Å². The van der Waals surface area contributed by atoms with E-state index in [1.165, 1.54) is 6.92 Å². The maximum absolute atomic E-state index is 11.8. The Morgan fingerprint density at radius 3 is 2.80 bits per heavy atom. The topological polar surface area (TPSA) is 52.3 Å². The fraction of sp³-hybridized carbons (Fsp3) is 0.125. The van der Waals surface area contributed by atoms with Gasteiger partial charge in [-0.1, -0.05) is 35.5 Å². The molecule has 0 saturated heterocycles. The summed E-state index contributed by atoms with van der Waals surface area (Å²) in [4.78, 5) is 11.8. The van der Waals surface area contributed by atoms with Crippen molar-refractivity contribution in [3.8, 4) is 5.75 Å². The van der Waals surface area contributed by atoms with Crippen molar-refractivity contribution in [2.75, 3.05) is 0 Å². The summed E-state index contributed by atoms with van der Waals surface area (Å²) in [6.45, 7) is 1.78. The van der Waals surface area contributed by atoms with Gasteiger partial charge in [0.2, 0.25) is 0 Å².